The van der Waals surface area contributed by atoms with Crippen molar-refractivity contribution in [3.63, 3.8) is 0 Å². The Morgan fingerprint density at radius 2 is 1.81 bits per heavy atom. The molecule has 1 unspecified atom stereocenters. The molecule has 0 bridgehead atoms. The van der Waals surface area contributed by atoms with Crippen LogP contribution < -0.4 is 4.74 Å². The van der Waals surface area contributed by atoms with Crippen LogP contribution in [0.4, 0.5) is 13.2 Å². The molecule has 0 aliphatic carbocycles. The van der Waals surface area contributed by atoms with E-state index in [2.05, 4.69) is 0 Å². The van der Waals surface area contributed by atoms with E-state index in [9.17, 15) is 26.4 Å². The number of piperidine rings is 1. The largest absolute Gasteiger partial charge is 0.495 e. The average Bonchev–Trinajstić information content (AvgIpc) is 2.82. The number of nitrogens with zero attached hydrogens (tertiary/aromatic N) is 2. The Bertz CT molecular complexity index is 1200. The van der Waals surface area contributed by atoms with E-state index in [1.807, 2.05) is 30.3 Å². The monoisotopic (exact) mass is 526 g/mol. The van der Waals surface area contributed by atoms with Gasteiger partial charge in [0.2, 0.25) is 0 Å². The predicted octanol–water partition coefficient (Wildman–Crippen LogP) is 3.71. The van der Waals surface area contributed by atoms with Gasteiger partial charge in [-0.15, -0.1) is 0 Å². The van der Waals surface area contributed by atoms with Gasteiger partial charge in [-0.3, -0.25) is 9.69 Å². The molecule has 11 heteroatoms. The third kappa shape index (κ3) is 6.01. The maximum atomic E-state index is 13.3. The molecule has 0 aromatic heterocycles. The Labute approximate surface area is 208 Å². The average molecular weight is 527 g/mol. The molecule has 1 amide bonds. The molecule has 2 saturated heterocycles. The third-order valence-electron chi connectivity index (χ3n) is 6.67. The standard InChI is InChI=1S/C25H29F3N2O5S/c1-34-20-14-19(8-9-22(20)36(2,32)33)23(31)30-12-10-24(11-13-30)16-29(17-25(26,27)28)15-21(35-24)18-6-4-3-5-7-18/h3-9,14,21H,10-13,15-17H2,1-2H3. The zero-order valence-corrected chi connectivity index (χ0v) is 20.9. The first kappa shape index (κ1) is 26.4. The number of carbonyl (C=O) groups is 1. The molecule has 0 radical (unpaired) electrons. The summed E-state index contributed by atoms with van der Waals surface area (Å²) < 4.78 is 75.3. The Hall–Kier alpha value is -2.63. The summed E-state index contributed by atoms with van der Waals surface area (Å²) >= 11 is 0. The van der Waals surface area contributed by atoms with Crippen LogP contribution in [0.15, 0.2) is 53.4 Å². The van der Waals surface area contributed by atoms with Gasteiger partial charge < -0.3 is 14.4 Å². The number of methoxy groups -OCH3 is 1. The fraction of sp³-hybridized carbons (Fsp3) is 0.480. The van der Waals surface area contributed by atoms with Gasteiger partial charge in [-0.05, 0) is 36.6 Å². The summed E-state index contributed by atoms with van der Waals surface area (Å²) in [4.78, 5) is 16.2. The quantitative estimate of drug-likeness (QED) is 0.592. The minimum absolute atomic E-state index is 0.00791. The number of benzene rings is 2. The zero-order valence-electron chi connectivity index (χ0n) is 20.1. The van der Waals surface area contributed by atoms with Crippen molar-refractivity contribution in [2.24, 2.45) is 0 Å². The first-order valence-corrected chi connectivity index (χ1v) is 13.5. The molecule has 2 aromatic carbocycles. The van der Waals surface area contributed by atoms with E-state index in [0.29, 0.717) is 25.9 Å². The van der Waals surface area contributed by atoms with Crippen LogP contribution in [-0.4, -0.2) is 82.0 Å². The van der Waals surface area contributed by atoms with Gasteiger partial charge in [0.15, 0.2) is 9.84 Å². The van der Waals surface area contributed by atoms with Crippen LogP contribution in [0.3, 0.4) is 0 Å². The van der Waals surface area contributed by atoms with Crippen LogP contribution in [0.25, 0.3) is 0 Å². The second kappa shape index (κ2) is 10.0. The minimum atomic E-state index is -4.33. The van der Waals surface area contributed by atoms with Crippen LogP contribution in [-0.2, 0) is 14.6 Å². The fourth-order valence-corrected chi connectivity index (χ4v) is 5.80. The van der Waals surface area contributed by atoms with Crippen molar-refractivity contribution in [1.29, 1.82) is 0 Å². The van der Waals surface area contributed by atoms with E-state index in [4.69, 9.17) is 9.47 Å². The number of alkyl halides is 3. The van der Waals surface area contributed by atoms with Crippen molar-refractivity contribution >= 4 is 15.7 Å². The molecule has 196 valence electrons. The molecular weight excluding hydrogens is 497 g/mol. The Kier molecular flexibility index (Phi) is 7.36. The van der Waals surface area contributed by atoms with Gasteiger partial charge >= 0.3 is 6.18 Å². The van der Waals surface area contributed by atoms with Crippen LogP contribution in [0.1, 0.15) is 34.9 Å². The second-order valence-electron chi connectivity index (χ2n) is 9.41. The van der Waals surface area contributed by atoms with Gasteiger partial charge in [0.05, 0.1) is 25.4 Å². The molecule has 7 nitrogen and oxygen atoms in total. The van der Waals surface area contributed by atoms with Gasteiger partial charge in [-0.1, -0.05) is 30.3 Å². The number of ether oxygens (including phenoxy) is 2. The lowest BCUT2D eigenvalue weighted by atomic mass is 9.87. The fourth-order valence-electron chi connectivity index (χ4n) is 4.98. The van der Waals surface area contributed by atoms with E-state index in [0.717, 1.165) is 11.8 Å². The Balaban J connectivity index is 1.50. The van der Waals surface area contributed by atoms with Crippen molar-refractivity contribution in [3.8, 4) is 5.75 Å². The molecule has 2 heterocycles. The van der Waals surface area contributed by atoms with Crippen molar-refractivity contribution in [1.82, 2.24) is 9.80 Å². The van der Waals surface area contributed by atoms with Crippen LogP contribution >= 0.6 is 0 Å². The summed E-state index contributed by atoms with van der Waals surface area (Å²) in [6, 6.07) is 13.4. The van der Waals surface area contributed by atoms with E-state index >= 15 is 0 Å². The molecule has 2 aliphatic rings. The Morgan fingerprint density at radius 1 is 1.14 bits per heavy atom. The summed E-state index contributed by atoms with van der Waals surface area (Å²) in [6.45, 7) is -0.140. The molecule has 36 heavy (non-hydrogen) atoms. The molecule has 0 saturated carbocycles. The van der Waals surface area contributed by atoms with Gasteiger partial charge in [0, 0.05) is 38.0 Å². The summed E-state index contributed by atoms with van der Waals surface area (Å²) in [6.07, 6.45) is -3.00. The Morgan fingerprint density at radius 3 is 2.39 bits per heavy atom. The van der Waals surface area contributed by atoms with Crippen molar-refractivity contribution in [2.75, 3.05) is 46.1 Å². The zero-order chi connectivity index (χ0) is 26.1. The van der Waals surface area contributed by atoms with Crippen LogP contribution in [0.2, 0.25) is 0 Å². The van der Waals surface area contributed by atoms with Crippen molar-refractivity contribution < 1.29 is 35.9 Å². The van der Waals surface area contributed by atoms with Gasteiger partial charge in [-0.2, -0.15) is 13.2 Å². The third-order valence-corrected chi connectivity index (χ3v) is 7.81. The first-order chi connectivity index (χ1) is 16.9. The summed E-state index contributed by atoms with van der Waals surface area (Å²) in [5, 5.41) is 0. The molecule has 2 fully saturated rings. The molecular formula is C25H29F3N2O5S. The number of amides is 1. The van der Waals surface area contributed by atoms with E-state index < -0.39 is 34.3 Å². The summed E-state index contributed by atoms with van der Waals surface area (Å²) in [7, 11) is -2.20. The van der Waals surface area contributed by atoms with Gasteiger partial charge in [-0.25, -0.2) is 8.42 Å². The lowest BCUT2D eigenvalue weighted by Gasteiger charge is -2.50. The lowest BCUT2D eigenvalue weighted by molar-refractivity contribution is -0.205. The lowest BCUT2D eigenvalue weighted by Crippen LogP contribution is -2.59. The SMILES string of the molecule is COc1cc(C(=O)N2CCC3(CC2)CN(CC(F)(F)F)CC(c2ccccc2)O3)ccc1S(C)(=O)=O. The van der Waals surface area contributed by atoms with Crippen LogP contribution in [0.5, 0.6) is 5.75 Å². The van der Waals surface area contributed by atoms with Crippen molar-refractivity contribution in [2.45, 2.75) is 35.6 Å². The smallest absolute Gasteiger partial charge is 0.401 e. The normalized spacial score (nSPS) is 20.9. The molecule has 1 atom stereocenters. The highest BCUT2D eigenvalue weighted by molar-refractivity contribution is 7.90. The number of halogens is 3. The highest BCUT2D eigenvalue weighted by Crippen LogP contribution is 2.39. The van der Waals surface area contributed by atoms with Crippen LogP contribution in [0, 0.1) is 0 Å². The first-order valence-electron chi connectivity index (χ1n) is 11.6. The minimum Gasteiger partial charge on any atom is -0.495 e. The highest BCUT2D eigenvalue weighted by atomic mass is 32.2. The van der Waals surface area contributed by atoms with E-state index in [1.54, 1.807) is 4.90 Å². The number of morpholine rings is 1. The number of carbonyl (C=O) groups excluding carboxylic acids is 1. The number of hydrogen-bond acceptors (Lipinski definition) is 6. The number of hydrogen-bond donors (Lipinski definition) is 0. The summed E-state index contributed by atoms with van der Waals surface area (Å²) in [5.74, 6) is -0.216. The molecule has 2 aliphatic heterocycles. The molecule has 4 rings (SSSR count). The maximum absolute atomic E-state index is 13.3. The number of sulfone groups is 1. The molecule has 2 aromatic rings. The topological polar surface area (TPSA) is 76.2 Å². The number of rotatable bonds is 5. The van der Waals surface area contributed by atoms with E-state index in [1.165, 1.54) is 30.2 Å². The molecule has 0 N–H and O–H groups in total. The maximum Gasteiger partial charge on any atom is 0.401 e. The predicted molar refractivity (Wildman–Crippen MR) is 127 cm³/mol. The second-order valence-corrected chi connectivity index (χ2v) is 11.4. The number of likely N-dealkylation sites (tertiary alicyclic amines) is 1. The van der Waals surface area contributed by atoms with Gasteiger partial charge in [0.25, 0.3) is 5.91 Å². The molecule has 1 spiro atoms. The van der Waals surface area contributed by atoms with Gasteiger partial charge in [0.1, 0.15) is 10.6 Å². The summed E-state index contributed by atoms with van der Waals surface area (Å²) in [5.41, 5.74) is 0.291. The highest BCUT2D eigenvalue weighted by Gasteiger charge is 2.46. The van der Waals surface area contributed by atoms with Crippen molar-refractivity contribution in [3.05, 3.63) is 59.7 Å². The van der Waals surface area contributed by atoms with E-state index in [-0.39, 0.29) is 35.2 Å².